The molecule has 29 heavy (non-hydrogen) atoms. The molecule has 0 atom stereocenters. The van der Waals surface area contributed by atoms with E-state index in [1.807, 2.05) is 42.9 Å². The molecule has 1 aliphatic rings. The highest BCUT2D eigenvalue weighted by atomic mass is 15.0. The van der Waals surface area contributed by atoms with Crippen LogP contribution in [0, 0.1) is 0 Å². The fraction of sp³-hybridized carbons (Fsp3) is 0.200. The van der Waals surface area contributed by atoms with Crippen molar-refractivity contribution in [3.63, 3.8) is 0 Å². The molecule has 0 saturated carbocycles. The van der Waals surface area contributed by atoms with E-state index in [2.05, 4.69) is 74.0 Å². The van der Waals surface area contributed by atoms with Crippen LogP contribution in [0.2, 0.25) is 0 Å². The lowest BCUT2D eigenvalue weighted by Crippen LogP contribution is -2.39. The highest BCUT2D eigenvalue weighted by Gasteiger charge is 2.14. The van der Waals surface area contributed by atoms with Gasteiger partial charge in [-0.1, -0.05) is 12.1 Å². The summed E-state index contributed by atoms with van der Waals surface area (Å²) in [6.45, 7) is 2.00. The van der Waals surface area contributed by atoms with Crippen molar-refractivity contribution in [2.75, 3.05) is 0 Å². The Morgan fingerprint density at radius 3 is 2.52 bits per heavy atom. The molecule has 0 amide bonds. The fourth-order valence-corrected chi connectivity index (χ4v) is 3.60. The Balaban J connectivity index is 1.35. The van der Waals surface area contributed by atoms with Crippen LogP contribution in [0.25, 0.3) is 17.5 Å². The van der Waals surface area contributed by atoms with Gasteiger partial charge in [0.05, 0.1) is 6.21 Å². The first-order valence-corrected chi connectivity index (χ1v) is 10.2. The van der Waals surface area contributed by atoms with Crippen LogP contribution in [0.15, 0.2) is 90.5 Å². The molecule has 4 rings (SSSR count). The SMILES string of the molecule is C1=CN=Cc2c(ccc[n+]2CCCCC[n+]2ccccc2-c2ccccn2)C=C1. The molecule has 4 heterocycles. The van der Waals surface area contributed by atoms with Gasteiger partial charge in [0.25, 0.3) is 0 Å². The number of aryl methyl sites for hydroxylation is 2. The third-order valence-electron chi connectivity index (χ3n) is 5.07. The maximum Gasteiger partial charge on any atom is 0.231 e. The lowest BCUT2D eigenvalue weighted by atomic mass is 10.1. The summed E-state index contributed by atoms with van der Waals surface area (Å²) in [5.74, 6) is 0. The average Bonchev–Trinajstić information content (AvgIpc) is 2.75. The first-order chi connectivity index (χ1) is 14.4. The fourth-order valence-electron chi connectivity index (χ4n) is 3.60. The molecule has 4 heteroatoms. The number of hydrogen-bond acceptors (Lipinski definition) is 2. The Labute approximate surface area is 172 Å². The standard InChI is InChI=1S/C25H26N4/c1(7-17-28-19-9-4-14-24(28)23-13-3-6-16-27-23)8-18-29-20-10-12-22-11-2-5-15-26-21-25(22)29/h2-6,9-16,19-21H,1,7-8,17-18H2/q+2. The number of pyridine rings is 3. The zero-order valence-electron chi connectivity index (χ0n) is 16.6. The van der Waals surface area contributed by atoms with Crippen molar-refractivity contribution in [3.05, 3.63) is 96.7 Å². The molecule has 0 saturated heterocycles. The lowest BCUT2D eigenvalue weighted by Gasteiger charge is -2.05. The number of unbranched alkanes of at least 4 members (excludes halogenated alkanes) is 2. The van der Waals surface area contributed by atoms with Crippen LogP contribution in [-0.4, -0.2) is 11.2 Å². The van der Waals surface area contributed by atoms with Gasteiger partial charge >= 0.3 is 0 Å². The number of hydrogen-bond donors (Lipinski definition) is 0. The number of rotatable bonds is 7. The van der Waals surface area contributed by atoms with Gasteiger partial charge in [0.1, 0.15) is 18.8 Å². The van der Waals surface area contributed by atoms with Crippen molar-refractivity contribution < 1.29 is 9.13 Å². The van der Waals surface area contributed by atoms with E-state index in [4.69, 9.17) is 0 Å². The summed E-state index contributed by atoms with van der Waals surface area (Å²) >= 11 is 0. The van der Waals surface area contributed by atoms with Gasteiger partial charge in [-0.05, 0) is 42.8 Å². The molecule has 0 spiro atoms. The molecule has 0 bridgehead atoms. The first-order valence-electron chi connectivity index (χ1n) is 10.2. The minimum atomic E-state index is 0.999. The predicted molar refractivity (Wildman–Crippen MR) is 116 cm³/mol. The highest BCUT2D eigenvalue weighted by molar-refractivity contribution is 5.82. The normalized spacial score (nSPS) is 12.4. The molecule has 3 aromatic heterocycles. The third kappa shape index (κ3) is 4.91. The van der Waals surface area contributed by atoms with Gasteiger partial charge in [0, 0.05) is 49.0 Å². The molecule has 144 valence electrons. The summed E-state index contributed by atoms with van der Waals surface area (Å²) in [7, 11) is 0. The Kier molecular flexibility index (Phi) is 6.33. The van der Waals surface area contributed by atoms with Gasteiger partial charge < -0.3 is 0 Å². The minimum Gasteiger partial charge on any atom is -0.258 e. The van der Waals surface area contributed by atoms with Crippen LogP contribution in [0.1, 0.15) is 30.5 Å². The molecular formula is C25H26N4+2. The topological polar surface area (TPSA) is 33.0 Å². The second-order valence-electron chi connectivity index (χ2n) is 7.08. The maximum absolute atomic E-state index is 4.50. The predicted octanol–water partition coefficient (Wildman–Crippen LogP) is 4.15. The number of aromatic nitrogens is 3. The molecule has 1 aliphatic heterocycles. The van der Waals surface area contributed by atoms with Crippen LogP contribution in [0.5, 0.6) is 0 Å². The molecular weight excluding hydrogens is 356 g/mol. The summed E-state index contributed by atoms with van der Waals surface area (Å²) in [5, 5.41) is 0. The Hall–Kier alpha value is -3.40. The van der Waals surface area contributed by atoms with Gasteiger partial charge in [-0.25, -0.2) is 4.98 Å². The molecule has 3 aromatic rings. The zero-order valence-corrected chi connectivity index (χ0v) is 16.6. The molecule has 0 fully saturated rings. The third-order valence-corrected chi connectivity index (χ3v) is 5.07. The van der Waals surface area contributed by atoms with E-state index in [9.17, 15) is 0 Å². The molecule has 0 radical (unpaired) electrons. The largest absolute Gasteiger partial charge is 0.258 e. The zero-order chi connectivity index (χ0) is 19.7. The average molecular weight is 383 g/mol. The van der Waals surface area contributed by atoms with Gasteiger partial charge in [-0.2, -0.15) is 9.13 Å². The second kappa shape index (κ2) is 9.69. The van der Waals surface area contributed by atoms with Gasteiger partial charge in [-0.3, -0.25) is 4.99 Å². The molecule has 0 unspecified atom stereocenters. The number of nitrogens with zero attached hydrogens (tertiary/aromatic N) is 4. The highest BCUT2D eigenvalue weighted by Crippen LogP contribution is 2.11. The number of allylic oxidation sites excluding steroid dienone is 2. The van der Waals surface area contributed by atoms with Crippen LogP contribution in [0.4, 0.5) is 0 Å². The Bertz CT molecular complexity index is 1040. The summed E-state index contributed by atoms with van der Waals surface area (Å²) < 4.78 is 4.61. The van der Waals surface area contributed by atoms with Crippen molar-refractivity contribution >= 4 is 12.3 Å². The summed E-state index contributed by atoms with van der Waals surface area (Å²) in [6.07, 6.45) is 19.5. The second-order valence-corrected chi connectivity index (χ2v) is 7.08. The van der Waals surface area contributed by atoms with Gasteiger partial charge in [0.15, 0.2) is 12.4 Å². The van der Waals surface area contributed by atoms with Crippen LogP contribution >= 0.6 is 0 Å². The Morgan fingerprint density at radius 1 is 0.759 bits per heavy atom. The van der Waals surface area contributed by atoms with Crippen molar-refractivity contribution in [1.82, 2.24) is 4.98 Å². The van der Waals surface area contributed by atoms with Crippen molar-refractivity contribution in [2.24, 2.45) is 4.99 Å². The monoisotopic (exact) mass is 382 g/mol. The van der Waals surface area contributed by atoms with E-state index in [-0.39, 0.29) is 0 Å². The van der Waals surface area contributed by atoms with Gasteiger partial charge in [-0.15, -0.1) is 0 Å². The lowest BCUT2D eigenvalue weighted by molar-refractivity contribution is -0.699. The first kappa shape index (κ1) is 18.9. The van der Waals surface area contributed by atoms with E-state index < -0.39 is 0 Å². The van der Waals surface area contributed by atoms with E-state index in [1.165, 1.54) is 23.4 Å². The quantitative estimate of drug-likeness (QED) is 0.446. The van der Waals surface area contributed by atoms with Crippen molar-refractivity contribution in [3.8, 4) is 11.4 Å². The maximum atomic E-state index is 4.50. The molecule has 0 aromatic carbocycles. The number of fused-ring (bicyclic) bond motifs is 1. The van der Waals surface area contributed by atoms with Crippen molar-refractivity contribution in [2.45, 2.75) is 32.4 Å². The summed E-state index contributed by atoms with van der Waals surface area (Å²) in [5.41, 5.74) is 4.57. The minimum absolute atomic E-state index is 0.999. The van der Waals surface area contributed by atoms with Crippen LogP contribution < -0.4 is 9.13 Å². The summed E-state index contributed by atoms with van der Waals surface area (Å²) in [6, 6.07) is 16.6. The molecule has 0 N–H and O–H groups in total. The molecule has 4 nitrogen and oxygen atoms in total. The Morgan fingerprint density at radius 2 is 1.62 bits per heavy atom. The van der Waals surface area contributed by atoms with E-state index >= 15 is 0 Å². The van der Waals surface area contributed by atoms with E-state index in [0.29, 0.717) is 0 Å². The molecule has 0 aliphatic carbocycles. The van der Waals surface area contributed by atoms with Crippen LogP contribution in [-0.2, 0) is 13.1 Å². The summed E-state index contributed by atoms with van der Waals surface area (Å²) in [4.78, 5) is 8.87. The number of aliphatic imine (C=N–C) groups is 1. The van der Waals surface area contributed by atoms with Crippen molar-refractivity contribution in [1.29, 1.82) is 0 Å². The van der Waals surface area contributed by atoms with E-state index in [1.54, 1.807) is 0 Å². The smallest absolute Gasteiger partial charge is 0.231 e. The van der Waals surface area contributed by atoms with Crippen LogP contribution in [0.3, 0.4) is 0 Å². The van der Waals surface area contributed by atoms with Gasteiger partial charge in [0.2, 0.25) is 11.4 Å². The van der Waals surface area contributed by atoms with E-state index in [0.717, 1.165) is 31.6 Å².